The second kappa shape index (κ2) is 4.08. The predicted octanol–water partition coefficient (Wildman–Crippen LogP) is 2.40. The number of benzene rings is 1. The molecule has 0 spiro atoms. The van der Waals surface area contributed by atoms with Crippen LogP contribution in [0.5, 0.6) is 0 Å². The summed E-state index contributed by atoms with van der Waals surface area (Å²) in [6.45, 7) is 6.32. The number of hydrogen-bond acceptors (Lipinski definition) is 3. The van der Waals surface area contributed by atoms with Gasteiger partial charge >= 0.3 is 0 Å². The molecule has 0 radical (unpaired) electrons. The van der Waals surface area contributed by atoms with Crippen molar-refractivity contribution in [1.29, 1.82) is 0 Å². The van der Waals surface area contributed by atoms with Gasteiger partial charge in [0.2, 0.25) is 0 Å². The van der Waals surface area contributed by atoms with Crippen LogP contribution in [0.3, 0.4) is 0 Å². The Balaban J connectivity index is 2.43. The van der Waals surface area contributed by atoms with Crippen molar-refractivity contribution in [3.05, 3.63) is 34.9 Å². The average Bonchev–Trinajstić information content (AvgIpc) is 2.26. The van der Waals surface area contributed by atoms with E-state index in [0.717, 1.165) is 12.1 Å². The molecular weight excluding hydrogens is 198 g/mol. The SMILES string of the molecule is Cc1cccc(C2=NN=C(N)C(C)C2)c1C. The fourth-order valence-electron chi connectivity index (χ4n) is 1.88. The highest BCUT2D eigenvalue weighted by Crippen LogP contribution is 2.20. The van der Waals surface area contributed by atoms with Crippen molar-refractivity contribution in [3.63, 3.8) is 0 Å². The zero-order valence-electron chi connectivity index (χ0n) is 9.99. The second-order valence-corrected chi connectivity index (χ2v) is 4.42. The molecule has 0 saturated carbocycles. The number of rotatable bonds is 1. The topological polar surface area (TPSA) is 50.7 Å². The molecule has 0 bridgehead atoms. The molecule has 0 aromatic heterocycles. The van der Waals surface area contributed by atoms with Crippen LogP contribution >= 0.6 is 0 Å². The van der Waals surface area contributed by atoms with E-state index in [1.54, 1.807) is 0 Å². The first-order chi connectivity index (χ1) is 7.59. The van der Waals surface area contributed by atoms with Gasteiger partial charge in [0.15, 0.2) is 0 Å². The highest BCUT2D eigenvalue weighted by molar-refractivity contribution is 6.05. The monoisotopic (exact) mass is 215 g/mol. The molecule has 0 fully saturated rings. The highest BCUT2D eigenvalue weighted by atomic mass is 15.2. The van der Waals surface area contributed by atoms with Gasteiger partial charge in [-0.1, -0.05) is 25.1 Å². The minimum absolute atomic E-state index is 0.285. The third-order valence-corrected chi connectivity index (χ3v) is 3.21. The smallest absolute Gasteiger partial charge is 0.125 e. The lowest BCUT2D eigenvalue weighted by Gasteiger charge is -2.18. The van der Waals surface area contributed by atoms with E-state index in [1.807, 2.05) is 0 Å². The van der Waals surface area contributed by atoms with Gasteiger partial charge < -0.3 is 5.73 Å². The second-order valence-electron chi connectivity index (χ2n) is 4.42. The van der Waals surface area contributed by atoms with Crippen LogP contribution in [-0.4, -0.2) is 11.5 Å². The van der Waals surface area contributed by atoms with Crippen LogP contribution in [0.1, 0.15) is 30.0 Å². The number of amidine groups is 1. The lowest BCUT2D eigenvalue weighted by atomic mass is 9.93. The molecule has 84 valence electrons. The van der Waals surface area contributed by atoms with E-state index in [4.69, 9.17) is 5.73 Å². The first-order valence-corrected chi connectivity index (χ1v) is 5.56. The summed E-state index contributed by atoms with van der Waals surface area (Å²) in [7, 11) is 0. The van der Waals surface area contributed by atoms with Gasteiger partial charge in [0, 0.05) is 17.9 Å². The summed E-state index contributed by atoms with van der Waals surface area (Å²) in [4.78, 5) is 0. The van der Waals surface area contributed by atoms with Gasteiger partial charge in [-0.25, -0.2) is 0 Å². The lowest BCUT2D eigenvalue weighted by molar-refractivity contribution is 0.779. The van der Waals surface area contributed by atoms with Crippen molar-refractivity contribution >= 4 is 11.5 Å². The van der Waals surface area contributed by atoms with E-state index in [9.17, 15) is 0 Å². The number of hydrogen-bond donors (Lipinski definition) is 1. The third kappa shape index (κ3) is 1.85. The Morgan fingerprint density at radius 3 is 2.69 bits per heavy atom. The maximum absolute atomic E-state index is 5.73. The van der Waals surface area contributed by atoms with Crippen LogP contribution in [0.15, 0.2) is 28.4 Å². The summed E-state index contributed by atoms with van der Waals surface area (Å²) >= 11 is 0. The van der Waals surface area contributed by atoms with E-state index < -0.39 is 0 Å². The van der Waals surface area contributed by atoms with Gasteiger partial charge in [-0.2, -0.15) is 5.10 Å². The van der Waals surface area contributed by atoms with Crippen molar-refractivity contribution in [2.24, 2.45) is 21.9 Å². The highest BCUT2D eigenvalue weighted by Gasteiger charge is 2.18. The fourth-order valence-corrected chi connectivity index (χ4v) is 1.88. The maximum atomic E-state index is 5.73. The van der Waals surface area contributed by atoms with Crippen LogP contribution < -0.4 is 5.73 Å². The third-order valence-electron chi connectivity index (χ3n) is 3.21. The van der Waals surface area contributed by atoms with Crippen molar-refractivity contribution in [2.75, 3.05) is 0 Å². The molecule has 2 N–H and O–H groups in total. The Kier molecular flexibility index (Phi) is 2.77. The Bertz CT molecular complexity index is 472. The molecule has 3 heteroatoms. The maximum Gasteiger partial charge on any atom is 0.125 e. The van der Waals surface area contributed by atoms with Gasteiger partial charge in [0.25, 0.3) is 0 Å². The summed E-state index contributed by atoms with van der Waals surface area (Å²) in [6.07, 6.45) is 0.875. The summed E-state index contributed by atoms with van der Waals surface area (Å²) < 4.78 is 0. The molecule has 1 atom stereocenters. The average molecular weight is 215 g/mol. The molecule has 1 heterocycles. The first-order valence-electron chi connectivity index (χ1n) is 5.56. The molecule has 1 aromatic rings. The van der Waals surface area contributed by atoms with E-state index in [1.165, 1.54) is 16.7 Å². The molecule has 1 unspecified atom stereocenters. The number of nitrogens with two attached hydrogens (primary N) is 1. The summed E-state index contributed by atoms with van der Waals surface area (Å²) in [5.74, 6) is 0.918. The van der Waals surface area contributed by atoms with Crippen molar-refractivity contribution < 1.29 is 0 Å². The summed E-state index contributed by atoms with van der Waals surface area (Å²) in [5.41, 5.74) is 10.5. The number of nitrogens with zero attached hydrogens (tertiary/aromatic N) is 2. The van der Waals surface area contributed by atoms with Gasteiger partial charge in [-0.15, -0.1) is 5.10 Å². The van der Waals surface area contributed by atoms with Crippen molar-refractivity contribution in [3.8, 4) is 0 Å². The molecule has 0 aliphatic carbocycles. The first kappa shape index (κ1) is 10.9. The number of aryl methyl sites for hydroxylation is 1. The van der Waals surface area contributed by atoms with E-state index in [-0.39, 0.29) is 5.92 Å². The molecule has 0 saturated heterocycles. The standard InChI is InChI=1S/C13H17N3/c1-8-5-4-6-11(10(8)3)12-7-9(2)13(14)16-15-12/h4-6,9H,7H2,1-3H3,(H2,14,16). The molecule has 2 rings (SSSR count). The fraction of sp³-hybridized carbons (Fsp3) is 0.385. The molecule has 0 amide bonds. The van der Waals surface area contributed by atoms with Crippen LogP contribution in [0.25, 0.3) is 0 Å². The minimum atomic E-state index is 0.285. The lowest BCUT2D eigenvalue weighted by Crippen LogP contribution is -2.27. The Hall–Kier alpha value is -1.64. The van der Waals surface area contributed by atoms with Crippen LogP contribution in [0, 0.1) is 19.8 Å². The molecule has 1 aliphatic heterocycles. The van der Waals surface area contributed by atoms with Crippen LogP contribution in [0.2, 0.25) is 0 Å². The van der Waals surface area contributed by atoms with Gasteiger partial charge in [0.05, 0.1) is 5.71 Å². The van der Waals surface area contributed by atoms with Crippen molar-refractivity contribution in [1.82, 2.24) is 0 Å². The zero-order valence-corrected chi connectivity index (χ0v) is 9.99. The Labute approximate surface area is 96.1 Å². The van der Waals surface area contributed by atoms with E-state index in [2.05, 4.69) is 49.2 Å². The van der Waals surface area contributed by atoms with Gasteiger partial charge in [-0.3, -0.25) is 0 Å². The molecule has 1 aromatic carbocycles. The van der Waals surface area contributed by atoms with Crippen LogP contribution in [-0.2, 0) is 0 Å². The van der Waals surface area contributed by atoms with Crippen LogP contribution in [0.4, 0.5) is 0 Å². The largest absolute Gasteiger partial charge is 0.385 e. The Morgan fingerprint density at radius 1 is 1.25 bits per heavy atom. The normalized spacial score (nSPS) is 20.3. The summed E-state index contributed by atoms with van der Waals surface area (Å²) in [5, 5.41) is 8.23. The molecule has 3 nitrogen and oxygen atoms in total. The molecular formula is C13H17N3. The Morgan fingerprint density at radius 2 is 2.00 bits per heavy atom. The minimum Gasteiger partial charge on any atom is -0.385 e. The molecule has 16 heavy (non-hydrogen) atoms. The molecule has 1 aliphatic rings. The van der Waals surface area contributed by atoms with E-state index in [0.29, 0.717) is 5.84 Å². The quantitative estimate of drug-likeness (QED) is 0.768. The zero-order chi connectivity index (χ0) is 11.7. The van der Waals surface area contributed by atoms with Gasteiger partial charge in [-0.05, 0) is 25.0 Å². The summed E-state index contributed by atoms with van der Waals surface area (Å²) in [6, 6.07) is 6.28. The van der Waals surface area contributed by atoms with Crippen molar-refractivity contribution in [2.45, 2.75) is 27.2 Å². The van der Waals surface area contributed by atoms with Gasteiger partial charge in [0.1, 0.15) is 5.84 Å². The van der Waals surface area contributed by atoms with E-state index >= 15 is 0 Å². The predicted molar refractivity (Wildman–Crippen MR) is 67.9 cm³/mol.